The lowest BCUT2D eigenvalue weighted by atomic mass is 10.0. The molecule has 3 heteroatoms. The smallest absolute Gasteiger partial charge is 0.319 e. The first kappa shape index (κ1) is 18.8. The fraction of sp³-hybridized carbons (Fsp3) is 0.938. The minimum atomic E-state index is -0.848. The molecule has 0 aromatic heterocycles. The van der Waals surface area contributed by atoms with Crippen molar-refractivity contribution in [2.45, 2.75) is 95.6 Å². The summed E-state index contributed by atoms with van der Waals surface area (Å²) in [5, 5.41) is 8.93. The molecule has 1 unspecified atom stereocenters. The molecule has 0 spiro atoms. The molecule has 0 aromatic rings. The van der Waals surface area contributed by atoms with Crippen LogP contribution in [0.15, 0.2) is 0 Å². The molecule has 0 saturated carbocycles. The SMILES string of the molecule is CCCCCCCCCCCCCC(C)(S)C(=O)O. The molecule has 114 valence electrons. The van der Waals surface area contributed by atoms with Gasteiger partial charge in [-0.25, -0.2) is 0 Å². The molecule has 2 nitrogen and oxygen atoms in total. The summed E-state index contributed by atoms with van der Waals surface area (Å²) in [6.07, 6.45) is 14.9. The fourth-order valence-electron chi connectivity index (χ4n) is 2.24. The second-order valence-corrected chi connectivity index (χ2v) is 6.85. The van der Waals surface area contributed by atoms with Gasteiger partial charge in [0.15, 0.2) is 0 Å². The van der Waals surface area contributed by atoms with Crippen LogP contribution in [-0.4, -0.2) is 15.8 Å². The van der Waals surface area contributed by atoms with Crippen LogP contribution in [0, 0.1) is 0 Å². The third-order valence-electron chi connectivity index (χ3n) is 3.73. The molecular formula is C16H32O2S. The fourth-order valence-corrected chi connectivity index (χ4v) is 2.40. The second kappa shape index (κ2) is 11.6. The molecule has 0 radical (unpaired) electrons. The maximum atomic E-state index is 10.9. The summed E-state index contributed by atoms with van der Waals surface area (Å²) in [6, 6.07) is 0. The van der Waals surface area contributed by atoms with Crippen molar-refractivity contribution in [3.05, 3.63) is 0 Å². The minimum Gasteiger partial charge on any atom is -0.480 e. The molecule has 0 saturated heterocycles. The van der Waals surface area contributed by atoms with Crippen LogP contribution in [0.2, 0.25) is 0 Å². The average molecular weight is 288 g/mol. The quantitative estimate of drug-likeness (QED) is 0.349. The normalized spacial score (nSPS) is 14.3. The Kier molecular flexibility index (Phi) is 11.5. The zero-order valence-corrected chi connectivity index (χ0v) is 13.7. The van der Waals surface area contributed by atoms with Gasteiger partial charge < -0.3 is 5.11 Å². The molecule has 1 atom stereocenters. The van der Waals surface area contributed by atoms with Crippen molar-refractivity contribution in [1.29, 1.82) is 0 Å². The van der Waals surface area contributed by atoms with E-state index in [0.29, 0.717) is 6.42 Å². The van der Waals surface area contributed by atoms with Crippen LogP contribution in [-0.2, 0) is 4.79 Å². The maximum Gasteiger partial charge on any atom is 0.319 e. The predicted octanol–water partition coefficient (Wildman–Crippen LogP) is 5.46. The lowest BCUT2D eigenvalue weighted by Crippen LogP contribution is -2.28. The molecule has 0 amide bonds. The van der Waals surface area contributed by atoms with E-state index in [0.717, 1.165) is 12.8 Å². The summed E-state index contributed by atoms with van der Waals surface area (Å²) in [7, 11) is 0. The van der Waals surface area contributed by atoms with Crippen LogP contribution in [0.4, 0.5) is 0 Å². The first-order valence-corrected chi connectivity index (χ1v) is 8.41. The van der Waals surface area contributed by atoms with Gasteiger partial charge in [-0.15, -0.1) is 0 Å². The van der Waals surface area contributed by atoms with Gasteiger partial charge in [0.05, 0.1) is 0 Å². The highest BCUT2D eigenvalue weighted by Gasteiger charge is 2.27. The van der Waals surface area contributed by atoms with Crippen LogP contribution >= 0.6 is 12.6 Å². The number of carbonyl (C=O) groups is 1. The van der Waals surface area contributed by atoms with Gasteiger partial charge in [0, 0.05) is 0 Å². The Hall–Kier alpha value is -0.180. The molecule has 0 aliphatic rings. The van der Waals surface area contributed by atoms with Gasteiger partial charge in [-0.05, 0) is 13.3 Å². The molecule has 19 heavy (non-hydrogen) atoms. The van der Waals surface area contributed by atoms with Crippen molar-refractivity contribution in [3.8, 4) is 0 Å². The number of hydrogen-bond acceptors (Lipinski definition) is 2. The summed E-state index contributed by atoms with van der Waals surface area (Å²) < 4.78 is -0.848. The molecule has 0 bridgehead atoms. The van der Waals surface area contributed by atoms with Gasteiger partial charge >= 0.3 is 5.97 Å². The topological polar surface area (TPSA) is 37.3 Å². The number of unbranched alkanes of at least 4 members (excludes halogenated alkanes) is 10. The Morgan fingerprint density at radius 2 is 1.26 bits per heavy atom. The van der Waals surface area contributed by atoms with Crippen LogP contribution in [0.5, 0.6) is 0 Å². The van der Waals surface area contributed by atoms with E-state index < -0.39 is 10.7 Å². The molecule has 0 aromatic carbocycles. The predicted molar refractivity (Wildman–Crippen MR) is 86.1 cm³/mol. The van der Waals surface area contributed by atoms with Gasteiger partial charge in [0.25, 0.3) is 0 Å². The summed E-state index contributed by atoms with van der Waals surface area (Å²) in [4.78, 5) is 10.9. The molecule has 0 heterocycles. The van der Waals surface area contributed by atoms with Crippen LogP contribution in [0.3, 0.4) is 0 Å². The third kappa shape index (κ3) is 11.4. The van der Waals surface area contributed by atoms with Crippen molar-refractivity contribution in [2.24, 2.45) is 0 Å². The Morgan fingerprint density at radius 3 is 1.63 bits per heavy atom. The number of hydrogen-bond donors (Lipinski definition) is 2. The maximum absolute atomic E-state index is 10.9. The van der Waals surface area contributed by atoms with E-state index in [2.05, 4.69) is 19.6 Å². The van der Waals surface area contributed by atoms with E-state index in [1.165, 1.54) is 57.8 Å². The van der Waals surface area contributed by atoms with Crippen molar-refractivity contribution in [1.82, 2.24) is 0 Å². The molecule has 0 aliphatic carbocycles. The number of thiol groups is 1. The van der Waals surface area contributed by atoms with Crippen LogP contribution in [0.25, 0.3) is 0 Å². The number of rotatable bonds is 13. The van der Waals surface area contributed by atoms with Crippen molar-refractivity contribution in [3.63, 3.8) is 0 Å². The number of carboxylic acid groups (broad SMARTS) is 1. The van der Waals surface area contributed by atoms with Gasteiger partial charge in [0.2, 0.25) is 0 Å². The zero-order chi connectivity index (χ0) is 14.6. The summed E-state index contributed by atoms with van der Waals surface area (Å²) >= 11 is 4.18. The third-order valence-corrected chi connectivity index (χ3v) is 4.14. The first-order valence-electron chi connectivity index (χ1n) is 7.96. The van der Waals surface area contributed by atoms with Crippen LogP contribution < -0.4 is 0 Å². The van der Waals surface area contributed by atoms with E-state index in [1.54, 1.807) is 6.92 Å². The van der Waals surface area contributed by atoms with Crippen molar-refractivity contribution in [2.75, 3.05) is 0 Å². The highest BCUT2D eigenvalue weighted by molar-refractivity contribution is 7.82. The van der Waals surface area contributed by atoms with E-state index >= 15 is 0 Å². The Balaban J connectivity index is 3.21. The molecule has 0 fully saturated rings. The van der Waals surface area contributed by atoms with E-state index in [9.17, 15) is 4.79 Å². The minimum absolute atomic E-state index is 0.669. The Morgan fingerprint density at radius 1 is 0.895 bits per heavy atom. The van der Waals surface area contributed by atoms with E-state index in [1.807, 2.05) is 0 Å². The summed E-state index contributed by atoms with van der Waals surface area (Å²) in [5.74, 6) is -0.803. The van der Waals surface area contributed by atoms with E-state index in [4.69, 9.17) is 5.11 Å². The molecule has 0 rings (SSSR count). The standard InChI is InChI=1S/C16H32O2S/c1-3-4-5-6-7-8-9-10-11-12-13-14-16(2,19)15(17)18/h19H,3-14H2,1-2H3,(H,17,18). The lowest BCUT2D eigenvalue weighted by molar-refractivity contribution is -0.139. The van der Waals surface area contributed by atoms with Gasteiger partial charge in [0.1, 0.15) is 4.75 Å². The first-order chi connectivity index (χ1) is 9.00. The molecule has 1 N–H and O–H groups in total. The Bertz CT molecular complexity index is 227. The number of carboxylic acids is 1. The average Bonchev–Trinajstić information content (AvgIpc) is 2.35. The van der Waals surface area contributed by atoms with Crippen LogP contribution in [0.1, 0.15) is 90.9 Å². The summed E-state index contributed by atoms with van der Waals surface area (Å²) in [5.41, 5.74) is 0. The Labute approximate surface area is 124 Å². The molecular weight excluding hydrogens is 256 g/mol. The highest BCUT2D eigenvalue weighted by Crippen LogP contribution is 2.22. The van der Waals surface area contributed by atoms with Gasteiger partial charge in [-0.3, -0.25) is 4.79 Å². The zero-order valence-electron chi connectivity index (χ0n) is 12.8. The van der Waals surface area contributed by atoms with Gasteiger partial charge in [-0.1, -0.05) is 77.6 Å². The highest BCUT2D eigenvalue weighted by atomic mass is 32.1. The van der Waals surface area contributed by atoms with Crippen molar-refractivity contribution < 1.29 is 9.90 Å². The molecule has 0 aliphatic heterocycles. The van der Waals surface area contributed by atoms with Gasteiger partial charge in [-0.2, -0.15) is 12.6 Å². The largest absolute Gasteiger partial charge is 0.480 e. The lowest BCUT2D eigenvalue weighted by Gasteiger charge is -2.17. The monoisotopic (exact) mass is 288 g/mol. The second-order valence-electron chi connectivity index (χ2n) is 5.86. The van der Waals surface area contributed by atoms with Crippen molar-refractivity contribution >= 4 is 18.6 Å². The van der Waals surface area contributed by atoms with E-state index in [-0.39, 0.29) is 0 Å². The summed E-state index contributed by atoms with van der Waals surface area (Å²) in [6.45, 7) is 3.94. The number of aliphatic carboxylic acids is 1.